The van der Waals surface area contributed by atoms with Gasteiger partial charge in [0.05, 0.1) is 16.8 Å². The molecular formula is C92H79N9O3S2. The van der Waals surface area contributed by atoms with Gasteiger partial charge in [-0.2, -0.15) is 0 Å². The Bertz CT molecular complexity index is 6330. The van der Waals surface area contributed by atoms with Crippen LogP contribution in [0.15, 0.2) is 214 Å². The third kappa shape index (κ3) is 11.1. The van der Waals surface area contributed by atoms with Crippen molar-refractivity contribution in [3.8, 4) is 45.6 Å². The lowest BCUT2D eigenvalue weighted by atomic mass is 9.85. The van der Waals surface area contributed by atoms with Crippen molar-refractivity contribution in [2.75, 3.05) is 4.90 Å². The fourth-order valence-corrected chi connectivity index (χ4v) is 17.5. The number of benzene rings is 12. The molecule has 15 aromatic rings. The monoisotopic (exact) mass is 1420 g/mol. The first-order valence-electron chi connectivity index (χ1n) is 36.3. The van der Waals surface area contributed by atoms with E-state index < -0.39 is 11.9 Å². The number of carbonyl (C=O) groups excluding carboxylic acids is 2. The summed E-state index contributed by atoms with van der Waals surface area (Å²) < 4.78 is 5.67. The minimum atomic E-state index is -0.656. The van der Waals surface area contributed by atoms with Crippen LogP contribution >= 0.6 is 23.5 Å². The minimum Gasteiger partial charge on any atom is -0.386 e. The second kappa shape index (κ2) is 23.7. The molecule has 3 aromatic heterocycles. The highest BCUT2D eigenvalue weighted by molar-refractivity contribution is 8.00. The number of rotatable bonds is 7. The molecule has 0 amide bonds. The first-order chi connectivity index (χ1) is 50.5. The van der Waals surface area contributed by atoms with E-state index in [4.69, 9.17) is 34.6 Å². The summed E-state index contributed by atoms with van der Waals surface area (Å²) in [5, 5.41) is 10.9. The van der Waals surface area contributed by atoms with Crippen molar-refractivity contribution in [3.05, 3.63) is 233 Å². The van der Waals surface area contributed by atoms with Gasteiger partial charge in [-0.1, -0.05) is 231 Å². The molecule has 0 aliphatic carbocycles. The number of anilines is 3. The van der Waals surface area contributed by atoms with Crippen molar-refractivity contribution >= 4 is 140 Å². The normalized spacial score (nSPS) is 13.4. The lowest BCUT2D eigenvalue weighted by molar-refractivity contribution is 0.0390. The van der Waals surface area contributed by atoms with E-state index in [1.54, 1.807) is 23.5 Å². The van der Waals surface area contributed by atoms with Crippen LogP contribution in [0, 0.1) is 0 Å². The summed E-state index contributed by atoms with van der Waals surface area (Å²) in [4.78, 5) is 75.3. The van der Waals surface area contributed by atoms with Crippen LogP contribution in [0.2, 0.25) is 0 Å². The molecule has 8 bridgehead atoms. The van der Waals surface area contributed by atoms with Crippen LogP contribution in [0.25, 0.3) is 133 Å². The summed E-state index contributed by atoms with van der Waals surface area (Å²) in [6.45, 7) is 33.4. The molecule has 18 rings (SSSR count). The second-order valence-corrected chi connectivity index (χ2v) is 35.9. The van der Waals surface area contributed by atoms with E-state index in [0.29, 0.717) is 62.4 Å². The highest BCUT2D eigenvalue weighted by Gasteiger charge is 2.35. The van der Waals surface area contributed by atoms with Crippen LogP contribution in [0.3, 0.4) is 0 Å². The predicted octanol–water partition coefficient (Wildman–Crippen LogP) is 24.5. The van der Waals surface area contributed by atoms with E-state index in [9.17, 15) is 9.59 Å². The number of esters is 2. The highest BCUT2D eigenvalue weighted by atomic mass is 32.2. The number of nitrogens with one attached hydrogen (secondary N) is 2. The Morgan fingerprint density at radius 3 is 1.20 bits per heavy atom. The van der Waals surface area contributed by atoms with Crippen molar-refractivity contribution in [1.29, 1.82) is 0 Å². The maximum absolute atomic E-state index is 14.4. The van der Waals surface area contributed by atoms with Crippen LogP contribution in [-0.4, -0.2) is 51.8 Å². The molecule has 522 valence electrons. The Morgan fingerprint density at radius 1 is 0.302 bits per heavy atom. The van der Waals surface area contributed by atoms with E-state index in [2.05, 4.69) is 295 Å². The van der Waals surface area contributed by atoms with E-state index >= 15 is 0 Å². The molecule has 0 saturated carbocycles. The molecule has 0 unspecified atom stereocenters. The smallest absolute Gasteiger partial charge is 0.346 e. The van der Waals surface area contributed by atoms with Gasteiger partial charge in [0.25, 0.3) is 0 Å². The summed E-state index contributed by atoms with van der Waals surface area (Å²) >= 11 is 3.24. The fraction of sp³-hybridized carbons (Fsp3) is 0.217. The van der Waals surface area contributed by atoms with Gasteiger partial charge in [0, 0.05) is 102 Å². The Kier molecular flexibility index (Phi) is 15.0. The van der Waals surface area contributed by atoms with Crippen LogP contribution in [0.5, 0.6) is 0 Å². The molecule has 3 aliphatic heterocycles. The van der Waals surface area contributed by atoms with Gasteiger partial charge in [0.1, 0.15) is 22.6 Å². The number of hydrogen-bond donors (Lipinski definition) is 2. The van der Waals surface area contributed by atoms with Gasteiger partial charge >= 0.3 is 11.9 Å². The van der Waals surface area contributed by atoms with Crippen molar-refractivity contribution in [3.63, 3.8) is 0 Å². The molecule has 12 nitrogen and oxygen atoms in total. The molecule has 0 atom stereocenters. The number of nitrogens with zero attached hydrogens (tertiary/aromatic N) is 7. The second-order valence-electron chi connectivity index (χ2n) is 33.7. The standard InChI is InChI=1S/C92H79N9O3S2/c1-88(2,3)48-24-32-55(33-25-48)105-71-46-68-74-69(87(103)104-86(68)102)47-72(106-56-34-26-49(27-35-56)89(4,5)6)76-63-40-41-70(61-22-19-23-62(73(61)63)75(71)77(74)76)101(53-20-17-16-18-21-53)54-31-39-60-67(45-54)85-99-80-59-38-30-52(92(13,14)15)44-66(59)83(97-80)95-78-57-36-28-50(90(7,8)9)42-64(57)82(93-78)94-79-58-37-29-51(91(10,11)12)43-65(58)84(96-79)98-81(60)100-85/h16-47H,1-15H3,(H2,93,94,95,96,97,98,99,100). The zero-order chi connectivity index (χ0) is 73.6. The number of para-hydroxylation sites is 1. The number of carbonyl (C=O) groups is 2. The van der Waals surface area contributed by atoms with Crippen molar-refractivity contribution in [2.24, 2.45) is 0 Å². The van der Waals surface area contributed by atoms with Crippen molar-refractivity contribution < 1.29 is 14.3 Å². The Labute approximate surface area is 623 Å². The lowest BCUT2D eigenvalue weighted by Gasteiger charge is -2.29. The zero-order valence-corrected chi connectivity index (χ0v) is 63.8. The van der Waals surface area contributed by atoms with Gasteiger partial charge in [0.15, 0.2) is 23.3 Å². The Hall–Kier alpha value is -11.1. The fourth-order valence-electron chi connectivity index (χ4n) is 15.4. The molecule has 106 heavy (non-hydrogen) atoms. The van der Waals surface area contributed by atoms with E-state index in [-0.39, 0.29) is 27.1 Å². The molecule has 0 fully saturated rings. The average Bonchev–Trinajstić information content (AvgIpc) is 0.953. The quantitative estimate of drug-likeness (QED) is 0.0675. The Morgan fingerprint density at radius 2 is 0.708 bits per heavy atom. The zero-order valence-electron chi connectivity index (χ0n) is 62.1. The first kappa shape index (κ1) is 66.9. The van der Waals surface area contributed by atoms with Crippen LogP contribution in [0.4, 0.5) is 17.1 Å². The molecule has 3 aliphatic rings. The van der Waals surface area contributed by atoms with Gasteiger partial charge in [-0.3, -0.25) is 0 Å². The SMILES string of the molecule is CC(C)(C)c1ccc(Sc2cc3c4c(cc(Sc5ccc(C(C)(C)C)cc5)c5c6ccc(N(c7ccccc7)c7ccc8c9nc%10nc(nc%11[nH]c(nc%12nc(nc([nH]9)c8c7)-c7ccc(C(C)(C)C)cc7-%12)c7ccc(C(C)(C)C)cc%117)-c7ccc(C(C)(C)C)cc7-%10)c7cccc(c2c45)c76)C(=O)OC3=O)cc1. The van der Waals surface area contributed by atoms with Gasteiger partial charge in [0.2, 0.25) is 0 Å². The van der Waals surface area contributed by atoms with Crippen molar-refractivity contribution in [1.82, 2.24) is 39.9 Å². The summed E-state index contributed by atoms with van der Waals surface area (Å²) in [6, 6.07) is 69.1. The van der Waals surface area contributed by atoms with Crippen LogP contribution in [-0.2, 0) is 31.8 Å². The summed E-state index contributed by atoms with van der Waals surface area (Å²) in [7, 11) is 0. The van der Waals surface area contributed by atoms with Gasteiger partial charge in [-0.05, 0) is 162 Å². The number of cyclic esters (lactones) is 2. The molecule has 2 N–H and O–H groups in total. The Balaban J connectivity index is 0.912. The topological polar surface area (TPSA) is 156 Å². The largest absolute Gasteiger partial charge is 0.386 e. The van der Waals surface area contributed by atoms with Crippen LogP contribution < -0.4 is 4.90 Å². The van der Waals surface area contributed by atoms with Crippen LogP contribution in [0.1, 0.15) is 152 Å². The molecule has 12 aromatic carbocycles. The predicted molar refractivity (Wildman–Crippen MR) is 436 cm³/mol. The van der Waals surface area contributed by atoms with Gasteiger partial charge in [-0.15, -0.1) is 0 Å². The number of hydrogen-bond acceptors (Lipinski definition) is 12. The van der Waals surface area contributed by atoms with E-state index in [1.165, 1.54) is 16.7 Å². The third-order valence-corrected chi connectivity index (χ3v) is 23.4. The summed E-state index contributed by atoms with van der Waals surface area (Å²) in [6.07, 6.45) is 0. The lowest BCUT2D eigenvalue weighted by Crippen LogP contribution is -2.20. The molecule has 0 spiro atoms. The van der Waals surface area contributed by atoms with Crippen molar-refractivity contribution in [2.45, 2.75) is 151 Å². The van der Waals surface area contributed by atoms with Gasteiger partial charge in [-0.25, -0.2) is 39.5 Å². The number of aromatic amines is 2. The minimum absolute atomic E-state index is 0.0576. The molecule has 0 radical (unpaired) electrons. The highest BCUT2D eigenvalue weighted by Crippen LogP contribution is 2.55. The molecule has 6 heterocycles. The first-order valence-corrected chi connectivity index (χ1v) is 37.9. The van der Waals surface area contributed by atoms with E-state index in [0.717, 1.165) is 129 Å². The summed E-state index contributed by atoms with van der Waals surface area (Å²) in [5.41, 5.74) is 14.7. The molecule has 0 saturated heterocycles. The number of H-pyrrole nitrogens is 2. The molecular weight excluding hydrogens is 1340 g/mol. The summed E-state index contributed by atoms with van der Waals surface area (Å²) in [5.74, 6) is 0.802. The number of ether oxygens (including phenoxy) is 1. The number of fused-ring (bicyclic) bond motifs is 22. The average molecular weight is 1420 g/mol. The maximum Gasteiger partial charge on any atom is 0.346 e. The maximum atomic E-state index is 14.4. The number of aromatic nitrogens is 8. The third-order valence-electron chi connectivity index (χ3n) is 21.3. The molecule has 14 heteroatoms. The van der Waals surface area contributed by atoms with E-state index in [1.807, 2.05) is 18.2 Å². The van der Waals surface area contributed by atoms with Gasteiger partial charge < -0.3 is 19.6 Å².